The van der Waals surface area contributed by atoms with E-state index < -0.39 is 10.0 Å². The van der Waals surface area contributed by atoms with Gasteiger partial charge in [-0.25, -0.2) is 13.1 Å². The maximum Gasteiger partial charge on any atom is 0.221 e. The minimum atomic E-state index is -3.24. The molecule has 2 N–H and O–H groups in total. The first-order chi connectivity index (χ1) is 8.38. The number of carbonyl (C=O) groups is 1. The van der Waals surface area contributed by atoms with E-state index in [-0.39, 0.29) is 24.9 Å². The van der Waals surface area contributed by atoms with Crippen molar-refractivity contribution in [3.63, 3.8) is 0 Å². The molecule has 0 aliphatic heterocycles. The third kappa shape index (κ3) is 5.74. The van der Waals surface area contributed by atoms with Gasteiger partial charge in [0.15, 0.2) is 0 Å². The van der Waals surface area contributed by atoms with E-state index >= 15 is 0 Å². The van der Waals surface area contributed by atoms with Crippen molar-refractivity contribution in [2.45, 2.75) is 19.4 Å². The first kappa shape index (κ1) is 14.6. The normalized spacial score (nSPS) is 13.0. The third-order valence-corrected chi connectivity index (χ3v) is 2.95. The van der Waals surface area contributed by atoms with E-state index in [4.69, 9.17) is 0 Å². The van der Waals surface area contributed by atoms with Crippen molar-refractivity contribution in [2.24, 2.45) is 0 Å². The minimum Gasteiger partial charge on any atom is -0.348 e. The summed E-state index contributed by atoms with van der Waals surface area (Å²) in [4.78, 5) is 15.7. The molecule has 1 amide bonds. The minimum absolute atomic E-state index is 0.0968. The van der Waals surface area contributed by atoms with Gasteiger partial charge in [-0.3, -0.25) is 9.78 Å². The molecule has 0 saturated carbocycles. The second-order valence-corrected chi connectivity index (χ2v) is 5.79. The highest BCUT2D eigenvalue weighted by molar-refractivity contribution is 7.88. The fraction of sp³-hybridized carbons (Fsp3) is 0.455. The summed E-state index contributed by atoms with van der Waals surface area (Å²) >= 11 is 0. The number of nitrogens with one attached hydrogen (secondary N) is 2. The highest BCUT2D eigenvalue weighted by Gasteiger charge is 2.10. The highest BCUT2D eigenvalue weighted by atomic mass is 32.2. The number of pyridine rings is 1. The summed E-state index contributed by atoms with van der Waals surface area (Å²) in [7, 11) is -3.24. The molecule has 6 nitrogen and oxygen atoms in total. The molecule has 1 atom stereocenters. The van der Waals surface area contributed by atoms with Crippen molar-refractivity contribution in [1.29, 1.82) is 0 Å². The zero-order chi connectivity index (χ0) is 13.6. The van der Waals surface area contributed by atoms with Crippen molar-refractivity contribution >= 4 is 15.9 Å². The van der Waals surface area contributed by atoms with Crippen molar-refractivity contribution in [3.8, 4) is 0 Å². The highest BCUT2D eigenvalue weighted by Crippen LogP contribution is 2.07. The Hall–Kier alpha value is -1.47. The van der Waals surface area contributed by atoms with E-state index in [1.165, 1.54) is 0 Å². The van der Waals surface area contributed by atoms with E-state index in [0.717, 1.165) is 11.9 Å². The van der Waals surface area contributed by atoms with Crippen LogP contribution in [0.1, 0.15) is 25.1 Å². The van der Waals surface area contributed by atoms with Crippen molar-refractivity contribution in [1.82, 2.24) is 15.0 Å². The first-order valence-electron chi connectivity index (χ1n) is 5.53. The van der Waals surface area contributed by atoms with Crippen LogP contribution in [-0.2, 0) is 14.8 Å². The lowest BCUT2D eigenvalue weighted by atomic mass is 10.2. The SMILES string of the molecule is CC(NC(=O)CCNS(C)(=O)=O)c1ccccn1. The van der Waals surface area contributed by atoms with Gasteiger partial charge < -0.3 is 5.32 Å². The number of sulfonamides is 1. The van der Waals surface area contributed by atoms with Gasteiger partial charge in [-0.2, -0.15) is 0 Å². The van der Waals surface area contributed by atoms with Crippen LogP contribution in [-0.4, -0.2) is 32.1 Å². The van der Waals surface area contributed by atoms with E-state index in [2.05, 4.69) is 15.0 Å². The van der Waals surface area contributed by atoms with Crippen molar-refractivity contribution in [3.05, 3.63) is 30.1 Å². The summed E-state index contributed by atoms with van der Waals surface area (Å²) in [6, 6.07) is 5.26. The Morgan fingerprint density at radius 3 is 2.72 bits per heavy atom. The van der Waals surface area contributed by atoms with Gasteiger partial charge in [-0.1, -0.05) is 6.07 Å². The van der Waals surface area contributed by atoms with Gasteiger partial charge in [-0.15, -0.1) is 0 Å². The maximum atomic E-state index is 11.5. The summed E-state index contributed by atoms with van der Waals surface area (Å²) < 4.78 is 23.9. The average Bonchev–Trinajstić information content (AvgIpc) is 2.28. The van der Waals surface area contributed by atoms with E-state index in [0.29, 0.717) is 0 Å². The summed E-state index contributed by atoms with van der Waals surface area (Å²) in [6.07, 6.45) is 2.81. The van der Waals surface area contributed by atoms with Crippen LogP contribution in [0.5, 0.6) is 0 Å². The molecular weight excluding hydrogens is 254 g/mol. The zero-order valence-corrected chi connectivity index (χ0v) is 11.2. The lowest BCUT2D eigenvalue weighted by molar-refractivity contribution is -0.121. The van der Waals surface area contributed by atoms with Crippen LogP contribution in [0.15, 0.2) is 24.4 Å². The smallest absolute Gasteiger partial charge is 0.221 e. The molecule has 1 heterocycles. The summed E-state index contributed by atoms with van der Waals surface area (Å²) in [5, 5.41) is 2.75. The molecule has 1 aromatic rings. The number of amides is 1. The van der Waals surface area contributed by atoms with Gasteiger partial charge in [0.2, 0.25) is 15.9 Å². The Balaban J connectivity index is 2.37. The fourth-order valence-electron chi connectivity index (χ4n) is 1.37. The largest absolute Gasteiger partial charge is 0.348 e. The first-order valence-corrected chi connectivity index (χ1v) is 7.42. The molecule has 0 fully saturated rings. The Morgan fingerprint density at radius 2 is 2.17 bits per heavy atom. The molecule has 1 aromatic heterocycles. The van der Waals surface area contributed by atoms with Gasteiger partial charge in [0, 0.05) is 19.2 Å². The molecule has 1 rings (SSSR count). The maximum absolute atomic E-state index is 11.5. The molecule has 0 bridgehead atoms. The molecule has 0 radical (unpaired) electrons. The number of aromatic nitrogens is 1. The lowest BCUT2D eigenvalue weighted by Crippen LogP contribution is -2.31. The van der Waals surface area contributed by atoms with Crippen LogP contribution < -0.4 is 10.0 Å². The van der Waals surface area contributed by atoms with Crippen LogP contribution in [0.25, 0.3) is 0 Å². The Morgan fingerprint density at radius 1 is 1.44 bits per heavy atom. The van der Waals surface area contributed by atoms with Crippen LogP contribution in [0, 0.1) is 0 Å². The van der Waals surface area contributed by atoms with Crippen molar-refractivity contribution < 1.29 is 13.2 Å². The second kappa shape index (κ2) is 6.46. The molecule has 0 saturated heterocycles. The summed E-state index contributed by atoms with van der Waals surface area (Å²) in [5.41, 5.74) is 0.766. The average molecular weight is 271 g/mol. The van der Waals surface area contributed by atoms with Crippen LogP contribution in [0.3, 0.4) is 0 Å². The number of carbonyl (C=O) groups excluding carboxylic acids is 1. The Labute approximate surface area is 107 Å². The molecule has 1 unspecified atom stereocenters. The number of hydrogen-bond donors (Lipinski definition) is 2. The Bertz CT molecular complexity index is 488. The van der Waals surface area contributed by atoms with Gasteiger partial charge >= 0.3 is 0 Å². The molecule has 18 heavy (non-hydrogen) atoms. The van der Waals surface area contributed by atoms with Gasteiger partial charge in [0.1, 0.15) is 0 Å². The quantitative estimate of drug-likeness (QED) is 0.773. The van der Waals surface area contributed by atoms with Crippen LogP contribution >= 0.6 is 0 Å². The predicted molar refractivity (Wildman–Crippen MR) is 68.3 cm³/mol. The summed E-state index contributed by atoms with van der Waals surface area (Å²) in [6.45, 7) is 1.92. The van der Waals surface area contributed by atoms with Gasteiger partial charge in [-0.05, 0) is 19.1 Å². The number of rotatable bonds is 6. The third-order valence-electron chi connectivity index (χ3n) is 2.23. The van der Waals surface area contributed by atoms with E-state index in [1.54, 1.807) is 12.3 Å². The molecule has 0 aromatic carbocycles. The molecular formula is C11H17N3O3S. The topological polar surface area (TPSA) is 88.2 Å². The van der Waals surface area contributed by atoms with E-state index in [9.17, 15) is 13.2 Å². The van der Waals surface area contributed by atoms with E-state index in [1.807, 2.05) is 19.1 Å². The van der Waals surface area contributed by atoms with Gasteiger partial charge in [0.05, 0.1) is 18.0 Å². The molecule has 0 aliphatic rings. The van der Waals surface area contributed by atoms with Gasteiger partial charge in [0.25, 0.3) is 0 Å². The fourth-order valence-corrected chi connectivity index (χ4v) is 1.84. The van der Waals surface area contributed by atoms with Crippen molar-refractivity contribution in [2.75, 3.05) is 12.8 Å². The number of nitrogens with zero attached hydrogens (tertiary/aromatic N) is 1. The van der Waals surface area contributed by atoms with Crippen LogP contribution in [0.2, 0.25) is 0 Å². The Kier molecular flexibility index (Phi) is 5.24. The second-order valence-electron chi connectivity index (χ2n) is 3.96. The molecule has 100 valence electrons. The molecule has 0 aliphatic carbocycles. The molecule has 0 spiro atoms. The molecule has 7 heteroatoms. The summed E-state index contributed by atoms with van der Waals surface area (Å²) in [5.74, 6) is -0.218. The standard InChI is InChI=1S/C11H17N3O3S/c1-9(10-5-3-4-7-12-10)14-11(15)6-8-13-18(2,16)17/h3-5,7,9,13H,6,8H2,1-2H3,(H,14,15). The lowest BCUT2D eigenvalue weighted by Gasteiger charge is -2.13. The number of hydrogen-bond acceptors (Lipinski definition) is 4. The zero-order valence-electron chi connectivity index (χ0n) is 10.4. The predicted octanol–water partition coefficient (Wildman–Crippen LogP) is 0.198. The monoisotopic (exact) mass is 271 g/mol. The van der Waals surface area contributed by atoms with Crippen LogP contribution in [0.4, 0.5) is 0 Å².